The molecule has 1 N–H and O–H groups in total. The second-order valence-corrected chi connectivity index (χ2v) is 8.14. The smallest absolute Gasteiger partial charge is 0.310 e. The number of hydrogen-bond acceptors (Lipinski definition) is 6. The zero-order valence-electron chi connectivity index (χ0n) is 15.6. The molecule has 3 rings (SSSR count). The summed E-state index contributed by atoms with van der Waals surface area (Å²) in [7, 11) is 0. The Balaban J connectivity index is 1.64. The minimum atomic E-state index is -0.405. The molecule has 1 fully saturated rings. The number of likely N-dealkylation sites (tertiary alicyclic amines) is 1. The number of nitrogens with zero attached hydrogens (tertiary/aromatic N) is 2. The number of nitrogens with one attached hydrogen (secondary N) is 1. The fraction of sp³-hybridized carbons (Fsp3) is 0.368. The van der Waals surface area contributed by atoms with Gasteiger partial charge in [-0.25, -0.2) is 4.98 Å². The van der Waals surface area contributed by atoms with Gasteiger partial charge in [0, 0.05) is 24.0 Å². The summed E-state index contributed by atoms with van der Waals surface area (Å²) in [5.41, 5.74) is 0.555. The van der Waals surface area contributed by atoms with E-state index in [9.17, 15) is 14.4 Å². The van der Waals surface area contributed by atoms with E-state index in [1.807, 2.05) is 0 Å². The third-order valence-electron chi connectivity index (χ3n) is 4.45. The number of carbonyl (C=O) groups excluding carboxylic acids is 3. The average molecular weight is 456 g/mol. The maximum Gasteiger partial charge on any atom is 0.310 e. The van der Waals surface area contributed by atoms with Gasteiger partial charge in [0.25, 0.3) is 11.8 Å². The van der Waals surface area contributed by atoms with Gasteiger partial charge in [0.1, 0.15) is 5.69 Å². The van der Waals surface area contributed by atoms with E-state index in [0.717, 1.165) is 17.8 Å². The maximum atomic E-state index is 12.8. The number of carbonyl (C=O) groups is 3. The zero-order chi connectivity index (χ0) is 21.0. The van der Waals surface area contributed by atoms with Gasteiger partial charge in [-0.3, -0.25) is 19.7 Å². The predicted molar refractivity (Wildman–Crippen MR) is 112 cm³/mol. The number of ether oxygens (including phenoxy) is 1. The van der Waals surface area contributed by atoms with E-state index in [1.165, 1.54) is 12.1 Å². The van der Waals surface area contributed by atoms with Crippen LogP contribution in [0, 0.1) is 5.92 Å². The molecule has 2 heterocycles. The zero-order valence-corrected chi connectivity index (χ0v) is 17.9. The summed E-state index contributed by atoms with van der Waals surface area (Å²) >= 11 is 12.9. The highest BCUT2D eigenvalue weighted by atomic mass is 35.5. The van der Waals surface area contributed by atoms with Crippen LogP contribution in [0.15, 0.2) is 23.6 Å². The minimum absolute atomic E-state index is 0.226. The van der Waals surface area contributed by atoms with Crippen molar-refractivity contribution >= 4 is 57.5 Å². The van der Waals surface area contributed by atoms with E-state index in [4.69, 9.17) is 27.9 Å². The SMILES string of the molecule is CCOC(=O)[C@@H]1CCCN(C(=O)c2csc(NC(=O)c3ccc(Cl)c(Cl)c3)n2)C1. The molecule has 29 heavy (non-hydrogen) atoms. The number of benzene rings is 1. The second-order valence-electron chi connectivity index (χ2n) is 6.46. The monoisotopic (exact) mass is 455 g/mol. The molecule has 0 unspecified atom stereocenters. The Hall–Kier alpha value is -2.16. The fourth-order valence-electron chi connectivity index (χ4n) is 3.01. The molecule has 2 aromatic rings. The molecule has 7 nitrogen and oxygen atoms in total. The first kappa shape index (κ1) is 21.5. The number of thiazole rings is 1. The van der Waals surface area contributed by atoms with E-state index < -0.39 is 5.91 Å². The van der Waals surface area contributed by atoms with Crippen molar-refractivity contribution in [3.8, 4) is 0 Å². The first-order chi connectivity index (χ1) is 13.9. The molecule has 0 spiro atoms. The van der Waals surface area contributed by atoms with Crippen molar-refractivity contribution < 1.29 is 19.1 Å². The molecule has 1 saturated heterocycles. The second kappa shape index (κ2) is 9.56. The summed E-state index contributed by atoms with van der Waals surface area (Å²) in [6.45, 7) is 2.93. The van der Waals surface area contributed by atoms with Crippen LogP contribution in [-0.2, 0) is 9.53 Å². The molecule has 1 aliphatic heterocycles. The number of rotatable bonds is 5. The third-order valence-corrected chi connectivity index (χ3v) is 5.95. The van der Waals surface area contributed by atoms with Crippen molar-refractivity contribution in [2.24, 2.45) is 5.92 Å². The van der Waals surface area contributed by atoms with Gasteiger partial charge < -0.3 is 9.64 Å². The van der Waals surface area contributed by atoms with E-state index in [-0.39, 0.29) is 28.5 Å². The minimum Gasteiger partial charge on any atom is -0.466 e. The lowest BCUT2D eigenvalue weighted by Gasteiger charge is -2.31. The molecule has 2 amide bonds. The summed E-state index contributed by atoms with van der Waals surface area (Å²) in [4.78, 5) is 42.9. The van der Waals surface area contributed by atoms with Crippen molar-refractivity contribution in [3.63, 3.8) is 0 Å². The molecule has 1 aromatic carbocycles. The van der Waals surface area contributed by atoms with Crippen LogP contribution in [0.3, 0.4) is 0 Å². The van der Waals surface area contributed by atoms with Crippen molar-refractivity contribution in [2.75, 3.05) is 25.0 Å². The van der Waals surface area contributed by atoms with E-state index in [1.54, 1.807) is 23.3 Å². The van der Waals surface area contributed by atoms with Crippen LogP contribution in [0.4, 0.5) is 5.13 Å². The van der Waals surface area contributed by atoms with E-state index in [2.05, 4.69) is 10.3 Å². The van der Waals surface area contributed by atoms with Crippen LogP contribution in [0.5, 0.6) is 0 Å². The summed E-state index contributed by atoms with van der Waals surface area (Å²) in [6, 6.07) is 4.54. The highest BCUT2D eigenvalue weighted by molar-refractivity contribution is 7.14. The Morgan fingerprint density at radius 2 is 2.10 bits per heavy atom. The first-order valence-corrected chi connectivity index (χ1v) is 10.7. The number of amides is 2. The molecule has 0 saturated carbocycles. The van der Waals surface area contributed by atoms with Crippen molar-refractivity contribution in [1.82, 2.24) is 9.88 Å². The average Bonchev–Trinajstić information content (AvgIpc) is 3.18. The van der Waals surface area contributed by atoms with Gasteiger partial charge >= 0.3 is 5.97 Å². The van der Waals surface area contributed by atoms with Crippen molar-refractivity contribution in [2.45, 2.75) is 19.8 Å². The molecule has 10 heteroatoms. The van der Waals surface area contributed by atoms with Crippen molar-refractivity contribution in [1.29, 1.82) is 0 Å². The van der Waals surface area contributed by atoms with Gasteiger partial charge in [-0.15, -0.1) is 11.3 Å². The first-order valence-electron chi connectivity index (χ1n) is 9.07. The molecule has 1 aromatic heterocycles. The topological polar surface area (TPSA) is 88.6 Å². The Kier molecular flexibility index (Phi) is 7.10. The van der Waals surface area contributed by atoms with Crippen LogP contribution >= 0.6 is 34.5 Å². The number of aromatic nitrogens is 1. The maximum absolute atomic E-state index is 12.8. The number of esters is 1. The fourth-order valence-corrected chi connectivity index (χ4v) is 3.99. The van der Waals surface area contributed by atoms with E-state index in [0.29, 0.717) is 41.8 Å². The molecular formula is C19H19Cl2N3O4S. The molecule has 1 aliphatic rings. The molecule has 0 bridgehead atoms. The van der Waals surface area contributed by atoms with Gasteiger partial charge in [0.15, 0.2) is 5.13 Å². The van der Waals surface area contributed by atoms with Crippen LogP contribution in [0.2, 0.25) is 10.0 Å². The summed E-state index contributed by atoms with van der Waals surface area (Å²) in [6.07, 6.45) is 1.42. The van der Waals surface area contributed by atoms with Crippen LogP contribution in [0.25, 0.3) is 0 Å². The molecule has 0 radical (unpaired) electrons. The number of halogens is 2. The van der Waals surface area contributed by atoms with Gasteiger partial charge in [0.05, 0.1) is 22.6 Å². The standard InChI is InChI=1S/C19H19Cl2N3O4S/c1-2-28-18(27)12-4-3-7-24(9-12)17(26)15-10-29-19(22-15)23-16(25)11-5-6-13(20)14(21)8-11/h5-6,8,10,12H,2-4,7,9H2,1H3,(H,22,23,25)/t12-/m1/s1. The van der Waals surface area contributed by atoms with Crippen molar-refractivity contribution in [3.05, 3.63) is 44.9 Å². The Bertz CT molecular complexity index is 934. The molecule has 154 valence electrons. The lowest BCUT2D eigenvalue weighted by Crippen LogP contribution is -2.43. The number of hydrogen-bond donors (Lipinski definition) is 1. The number of anilines is 1. The summed E-state index contributed by atoms with van der Waals surface area (Å²) in [5.74, 6) is -1.28. The Labute approximate surface area is 182 Å². The molecular weight excluding hydrogens is 437 g/mol. The van der Waals surface area contributed by atoms with Crippen LogP contribution < -0.4 is 5.32 Å². The lowest BCUT2D eigenvalue weighted by molar-refractivity contribution is -0.149. The van der Waals surface area contributed by atoms with Gasteiger partial charge in [-0.05, 0) is 38.0 Å². The number of piperidine rings is 1. The van der Waals surface area contributed by atoms with Gasteiger partial charge in [-0.1, -0.05) is 23.2 Å². The Morgan fingerprint density at radius 1 is 1.31 bits per heavy atom. The van der Waals surface area contributed by atoms with Crippen LogP contribution in [0.1, 0.15) is 40.6 Å². The summed E-state index contributed by atoms with van der Waals surface area (Å²) in [5, 5.41) is 5.16. The predicted octanol–water partition coefficient (Wildman–Crippen LogP) is 4.12. The van der Waals surface area contributed by atoms with Crippen LogP contribution in [-0.4, -0.2) is 47.4 Å². The van der Waals surface area contributed by atoms with Gasteiger partial charge in [0.2, 0.25) is 0 Å². The van der Waals surface area contributed by atoms with Gasteiger partial charge in [-0.2, -0.15) is 0 Å². The third kappa shape index (κ3) is 5.26. The molecule has 1 atom stereocenters. The highest BCUT2D eigenvalue weighted by Gasteiger charge is 2.30. The summed E-state index contributed by atoms with van der Waals surface area (Å²) < 4.78 is 5.07. The highest BCUT2D eigenvalue weighted by Crippen LogP contribution is 2.25. The largest absolute Gasteiger partial charge is 0.466 e. The normalized spacial score (nSPS) is 16.4. The molecule has 0 aliphatic carbocycles. The Morgan fingerprint density at radius 3 is 2.83 bits per heavy atom. The van der Waals surface area contributed by atoms with E-state index >= 15 is 0 Å². The lowest BCUT2D eigenvalue weighted by atomic mass is 9.98. The quantitative estimate of drug-likeness (QED) is 0.684.